The lowest BCUT2D eigenvalue weighted by molar-refractivity contribution is -0.144. The van der Waals surface area contributed by atoms with Crippen LogP contribution in [0.5, 0.6) is 17.2 Å². The molecule has 4 atom stereocenters. The summed E-state index contributed by atoms with van der Waals surface area (Å²) in [6, 6.07) is 13.8. The molecule has 2 N–H and O–H groups in total. The van der Waals surface area contributed by atoms with Crippen LogP contribution in [0.15, 0.2) is 48.7 Å². The van der Waals surface area contributed by atoms with Crippen molar-refractivity contribution in [1.29, 1.82) is 0 Å². The number of ether oxygens (including phenoxy) is 3. The molecule has 1 aromatic heterocycles. The van der Waals surface area contributed by atoms with E-state index in [1.54, 1.807) is 17.0 Å². The molecule has 3 heterocycles. The third kappa shape index (κ3) is 7.61. The number of carboxylic acids is 1. The van der Waals surface area contributed by atoms with Crippen molar-refractivity contribution in [1.82, 2.24) is 14.8 Å². The first-order valence-electron chi connectivity index (χ1n) is 20.3. The molecule has 55 heavy (non-hydrogen) atoms. The average molecular weight is 771 g/mol. The SMILES string of the molecule is C[C@@H](COc1ccnc2c1[C@H](C)CCC2)CC1Cc2cc3c(cc2C12CCC(Nc1cccc(Cl)c1)(C(=O)O)CC2)OCC(CN1CCN(C)C(=O)C1)CO3. The summed E-state index contributed by atoms with van der Waals surface area (Å²) in [7, 11) is 1.86. The Labute approximate surface area is 329 Å². The van der Waals surface area contributed by atoms with Crippen LogP contribution in [0.25, 0.3) is 0 Å². The fourth-order valence-electron chi connectivity index (χ4n) is 10.2. The van der Waals surface area contributed by atoms with Gasteiger partial charge in [0.25, 0.3) is 0 Å². The minimum absolute atomic E-state index is 0.137. The minimum Gasteiger partial charge on any atom is -0.493 e. The maximum absolute atomic E-state index is 13.1. The summed E-state index contributed by atoms with van der Waals surface area (Å²) >= 11 is 6.31. The smallest absolute Gasteiger partial charge is 0.329 e. The summed E-state index contributed by atoms with van der Waals surface area (Å²) in [4.78, 5) is 34.1. The Bertz CT molecular complexity index is 1910. The van der Waals surface area contributed by atoms with Gasteiger partial charge in [-0.3, -0.25) is 14.7 Å². The number of carbonyl (C=O) groups excluding carboxylic acids is 1. The maximum Gasteiger partial charge on any atom is 0.329 e. The zero-order valence-corrected chi connectivity index (χ0v) is 33.2. The third-order valence-corrected chi connectivity index (χ3v) is 13.6. The van der Waals surface area contributed by atoms with Crippen LogP contribution in [0.2, 0.25) is 5.02 Å². The van der Waals surface area contributed by atoms with Gasteiger partial charge in [-0.25, -0.2) is 4.79 Å². The van der Waals surface area contributed by atoms with Gasteiger partial charge in [0, 0.05) is 60.8 Å². The summed E-state index contributed by atoms with van der Waals surface area (Å²) in [6.45, 7) is 8.98. The van der Waals surface area contributed by atoms with E-state index in [1.807, 2.05) is 31.4 Å². The van der Waals surface area contributed by atoms with Gasteiger partial charge in [-0.15, -0.1) is 0 Å². The second-order valence-electron chi connectivity index (χ2n) is 17.2. The van der Waals surface area contributed by atoms with Crippen LogP contribution in [0.1, 0.15) is 87.1 Å². The topological polar surface area (TPSA) is 113 Å². The van der Waals surface area contributed by atoms with Crippen LogP contribution in [0.4, 0.5) is 5.69 Å². The number of hydrogen-bond donors (Lipinski definition) is 2. The van der Waals surface area contributed by atoms with Gasteiger partial charge >= 0.3 is 5.97 Å². The Morgan fingerprint density at radius 1 is 1.11 bits per heavy atom. The number of piperazine rings is 1. The van der Waals surface area contributed by atoms with Crippen molar-refractivity contribution in [3.05, 3.63) is 76.1 Å². The number of amides is 1. The van der Waals surface area contributed by atoms with Gasteiger partial charge in [0.2, 0.25) is 5.91 Å². The van der Waals surface area contributed by atoms with Crippen LogP contribution in [0.3, 0.4) is 0 Å². The van der Waals surface area contributed by atoms with Crippen LogP contribution in [-0.2, 0) is 27.8 Å². The van der Waals surface area contributed by atoms with Gasteiger partial charge in [0.05, 0.1) is 26.4 Å². The summed E-state index contributed by atoms with van der Waals surface area (Å²) in [5, 5.41) is 14.7. The second kappa shape index (κ2) is 15.5. The predicted octanol–water partition coefficient (Wildman–Crippen LogP) is 7.36. The number of rotatable bonds is 10. The molecule has 1 saturated carbocycles. The number of aromatic nitrogens is 1. The van der Waals surface area contributed by atoms with E-state index in [-0.39, 0.29) is 23.2 Å². The lowest BCUT2D eigenvalue weighted by atomic mass is 9.59. The average Bonchev–Trinajstić information content (AvgIpc) is 3.29. The molecule has 10 nitrogen and oxygen atoms in total. The molecular weight excluding hydrogens is 716 g/mol. The summed E-state index contributed by atoms with van der Waals surface area (Å²) in [6.07, 6.45) is 9.50. The zero-order valence-electron chi connectivity index (χ0n) is 32.4. The van der Waals surface area contributed by atoms with Gasteiger partial charge in [-0.2, -0.15) is 0 Å². The maximum atomic E-state index is 13.1. The molecule has 11 heteroatoms. The fraction of sp³-hybridized carbons (Fsp3) is 0.568. The number of halogens is 1. The fourth-order valence-corrected chi connectivity index (χ4v) is 10.4. The van der Waals surface area contributed by atoms with E-state index in [2.05, 4.69) is 41.2 Å². The zero-order chi connectivity index (χ0) is 38.3. The van der Waals surface area contributed by atoms with Crippen molar-refractivity contribution in [2.24, 2.45) is 17.8 Å². The molecular formula is C44H55ClN4O6. The highest BCUT2D eigenvalue weighted by Gasteiger charge is 2.54. The number of benzene rings is 2. The molecule has 1 amide bonds. The Balaban J connectivity index is 1.03. The highest BCUT2D eigenvalue weighted by Crippen LogP contribution is 2.58. The number of carboxylic acid groups (broad SMARTS) is 1. The van der Waals surface area contributed by atoms with Gasteiger partial charge in [-0.1, -0.05) is 31.5 Å². The molecule has 5 aliphatic rings. The van der Waals surface area contributed by atoms with Crippen LogP contribution in [-0.4, -0.2) is 90.4 Å². The van der Waals surface area contributed by atoms with Crippen molar-refractivity contribution in [3.8, 4) is 17.2 Å². The molecule has 3 aliphatic carbocycles. The molecule has 2 fully saturated rings. The standard InChI is InChI=1S/C44H55ClN4O6/c1-28(25-53-37-10-15-46-36-9-4-6-29(2)41(36)37)18-32-19-31-20-38-39(55-27-30(26-54-38)23-49-17-16-48(3)40(50)24-49)22-35(31)43(32)11-13-44(14-12-43,42(51)52)47-34-8-5-7-33(45)21-34/h5,7-8,10,15,20-22,28-30,32,47H,4,6,9,11-14,16-19,23-27H2,1-3H3,(H,51,52)/t28-,29-,30?,32?,43?,44?/m1/s1. The van der Waals surface area contributed by atoms with Crippen molar-refractivity contribution in [2.45, 2.75) is 88.5 Å². The number of aryl methyl sites for hydroxylation is 1. The number of likely N-dealkylation sites (N-methyl/N-ethyl adjacent to an activating group) is 1. The number of nitrogens with one attached hydrogen (secondary N) is 1. The molecule has 2 aromatic carbocycles. The quantitative estimate of drug-likeness (QED) is 0.218. The third-order valence-electron chi connectivity index (χ3n) is 13.4. The van der Waals surface area contributed by atoms with E-state index in [0.717, 1.165) is 81.1 Å². The normalized spacial score (nSPS) is 28.3. The molecule has 294 valence electrons. The van der Waals surface area contributed by atoms with E-state index in [9.17, 15) is 14.7 Å². The molecule has 0 bridgehead atoms. The molecule has 1 spiro atoms. The van der Waals surface area contributed by atoms with Crippen molar-refractivity contribution >= 4 is 29.2 Å². The largest absolute Gasteiger partial charge is 0.493 e. The molecule has 2 unspecified atom stereocenters. The van der Waals surface area contributed by atoms with E-state index >= 15 is 0 Å². The minimum atomic E-state index is -1.10. The first-order chi connectivity index (χ1) is 26.5. The molecule has 0 radical (unpaired) electrons. The number of anilines is 1. The Morgan fingerprint density at radius 2 is 1.89 bits per heavy atom. The van der Waals surface area contributed by atoms with E-state index in [4.69, 9.17) is 25.8 Å². The van der Waals surface area contributed by atoms with E-state index in [0.29, 0.717) is 56.1 Å². The molecule has 2 aliphatic heterocycles. The number of nitrogens with zero attached hydrogens (tertiary/aromatic N) is 3. The van der Waals surface area contributed by atoms with Crippen molar-refractivity contribution < 1.29 is 28.9 Å². The molecule has 1 saturated heterocycles. The second-order valence-corrected chi connectivity index (χ2v) is 17.6. The summed E-state index contributed by atoms with van der Waals surface area (Å²) < 4.78 is 19.6. The molecule has 8 rings (SSSR count). The van der Waals surface area contributed by atoms with Crippen molar-refractivity contribution in [2.75, 3.05) is 58.4 Å². The van der Waals surface area contributed by atoms with Gasteiger partial charge in [0.1, 0.15) is 11.3 Å². The Morgan fingerprint density at radius 3 is 2.64 bits per heavy atom. The highest BCUT2D eigenvalue weighted by atomic mass is 35.5. The van der Waals surface area contributed by atoms with Crippen molar-refractivity contribution in [3.63, 3.8) is 0 Å². The lowest BCUT2D eigenvalue weighted by Crippen LogP contribution is -2.53. The number of fused-ring (bicyclic) bond motifs is 4. The predicted molar refractivity (Wildman–Crippen MR) is 213 cm³/mol. The van der Waals surface area contributed by atoms with E-state index < -0.39 is 11.5 Å². The van der Waals surface area contributed by atoms with Crippen LogP contribution >= 0.6 is 11.6 Å². The first-order valence-corrected chi connectivity index (χ1v) is 20.7. The number of pyridine rings is 1. The lowest BCUT2D eigenvalue weighted by Gasteiger charge is -2.47. The van der Waals surface area contributed by atoms with Crippen LogP contribution in [0, 0.1) is 17.8 Å². The van der Waals surface area contributed by atoms with Gasteiger partial charge < -0.3 is 29.5 Å². The van der Waals surface area contributed by atoms with Gasteiger partial charge in [-0.05, 0) is 128 Å². The molecule has 3 aromatic rings. The Kier molecular flexibility index (Phi) is 10.7. The number of carbonyl (C=O) groups is 2. The van der Waals surface area contributed by atoms with E-state index in [1.165, 1.54) is 28.8 Å². The number of hydrogen-bond acceptors (Lipinski definition) is 8. The van der Waals surface area contributed by atoms with Gasteiger partial charge in [0.15, 0.2) is 11.5 Å². The van der Waals surface area contributed by atoms with Crippen LogP contribution < -0.4 is 19.5 Å². The Hall–Kier alpha value is -4.02. The highest BCUT2D eigenvalue weighted by molar-refractivity contribution is 6.30. The first kappa shape index (κ1) is 37.9. The number of aliphatic carboxylic acids is 1. The summed E-state index contributed by atoms with van der Waals surface area (Å²) in [5.41, 5.74) is 4.40. The summed E-state index contributed by atoms with van der Waals surface area (Å²) in [5.74, 6) is 2.99. The monoisotopic (exact) mass is 770 g/mol.